The molecule has 1 atom stereocenters. The number of nitrogens with zero attached hydrogens (tertiary/aromatic N) is 4. The van der Waals surface area contributed by atoms with E-state index in [2.05, 4.69) is 15.4 Å². The van der Waals surface area contributed by atoms with Gasteiger partial charge in [0.2, 0.25) is 5.65 Å². The summed E-state index contributed by atoms with van der Waals surface area (Å²) in [5.74, 6) is -0.110. The molecule has 0 aliphatic heterocycles. The number of halogens is 1. The number of nitrogens with one attached hydrogen (secondary N) is 1. The summed E-state index contributed by atoms with van der Waals surface area (Å²) in [4.78, 5) is 14.3. The number of aromatic nitrogens is 3. The quantitative estimate of drug-likeness (QED) is 0.570. The molecule has 3 aromatic rings. The minimum atomic E-state index is -0.556. The maximum Gasteiger partial charge on any atom is 0.368 e. The maximum absolute atomic E-state index is 13.8. The van der Waals surface area contributed by atoms with Crippen LogP contribution < -0.4 is 10.1 Å². The van der Waals surface area contributed by atoms with Crippen molar-refractivity contribution >= 4 is 17.3 Å². The monoisotopic (exact) mass is 331 g/mol. The fourth-order valence-electron chi connectivity index (χ4n) is 2.32. The van der Waals surface area contributed by atoms with E-state index in [4.69, 9.17) is 4.74 Å². The van der Waals surface area contributed by atoms with Gasteiger partial charge in [0, 0.05) is 6.07 Å². The summed E-state index contributed by atoms with van der Waals surface area (Å²) >= 11 is 0. The Morgan fingerprint density at radius 3 is 2.83 bits per heavy atom. The van der Waals surface area contributed by atoms with Gasteiger partial charge in [0.25, 0.3) is 0 Å². The van der Waals surface area contributed by atoms with Crippen LogP contribution in [-0.2, 0) is 0 Å². The molecular weight excluding hydrogens is 317 g/mol. The number of ether oxygens (including phenoxy) is 1. The number of fused-ring (bicyclic) bond motifs is 1. The van der Waals surface area contributed by atoms with Crippen molar-refractivity contribution in [1.82, 2.24) is 14.6 Å². The van der Waals surface area contributed by atoms with Crippen molar-refractivity contribution in [2.24, 2.45) is 0 Å². The summed E-state index contributed by atoms with van der Waals surface area (Å²) in [6.45, 7) is 1.83. The minimum Gasteiger partial charge on any atom is -0.494 e. The van der Waals surface area contributed by atoms with Crippen molar-refractivity contribution in [1.29, 1.82) is 0 Å². The zero-order valence-corrected chi connectivity index (χ0v) is 12.9. The number of nitro groups is 1. The number of imidazole rings is 1. The summed E-state index contributed by atoms with van der Waals surface area (Å²) in [5, 5.41) is 18.2. The highest BCUT2D eigenvalue weighted by atomic mass is 19.1. The molecule has 0 saturated carbocycles. The van der Waals surface area contributed by atoms with E-state index in [1.54, 1.807) is 24.3 Å². The molecule has 1 unspecified atom stereocenters. The van der Waals surface area contributed by atoms with Crippen molar-refractivity contribution in [2.45, 2.75) is 13.0 Å². The van der Waals surface area contributed by atoms with Gasteiger partial charge >= 0.3 is 5.82 Å². The van der Waals surface area contributed by atoms with Gasteiger partial charge in [-0.05, 0) is 35.6 Å². The van der Waals surface area contributed by atoms with Crippen LogP contribution in [0.4, 0.5) is 16.0 Å². The Bertz CT molecular complexity index is 911. The predicted molar refractivity (Wildman–Crippen MR) is 84.6 cm³/mol. The van der Waals surface area contributed by atoms with Crippen LogP contribution in [0, 0.1) is 15.9 Å². The smallest absolute Gasteiger partial charge is 0.368 e. The molecule has 2 aromatic heterocycles. The average molecular weight is 331 g/mol. The zero-order valence-electron chi connectivity index (χ0n) is 12.9. The summed E-state index contributed by atoms with van der Waals surface area (Å²) in [5.41, 5.74) is 1.06. The molecule has 0 amide bonds. The van der Waals surface area contributed by atoms with Crippen LogP contribution in [0.2, 0.25) is 0 Å². The van der Waals surface area contributed by atoms with E-state index in [0.717, 1.165) is 10.7 Å². The fraction of sp³-hybridized carbons (Fsp3) is 0.200. The number of hydrogen-bond donors (Lipinski definition) is 1. The third-order valence-corrected chi connectivity index (χ3v) is 3.57. The molecule has 0 fully saturated rings. The Kier molecular flexibility index (Phi) is 3.98. The third-order valence-electron chi connectivity index (χ3n) is 3.57. The van der Waals surface area contributed by atoms with Crippen molar-refractivity contribution in [2.75, 3.05) is 12.4 Å². The van der Waals surface area contributed by atoms with Gasteiger partial charge in [-0.15, -0.1) is 0 Å². The molecule has 0 bridgehead atoms. The molecule has 0 radical (unpaired) electrons. The predicted octanol–water partition coefficient (Wildman–Crippen LogP) is 2.96. The van der Waals surface area contributed by atoms with Crippen molar-refractivity contribution < 1.29 is 14.1 Å². The van der Waals surface area contributed by atoms with E-state index in [1.165, 1.54) is 13.2 Å². The lowest BCUT2D eigenvalue weighted by molar-refractivity contribution is -0.391. The van der Waals surface area contributed by atoms with Crippen LogP contribution in [0.25, 0.3) is 5.65 Å². The largest absolute Gasteiger partial charge is 0.494 e. The standard InChI is InChI=1S/C15H14FN5O3/c1-9(10-3-4-12(24-2)11(16)7-10)18-13-5-6-14-17-8-15(21(22)23)20(14)19-13/h3-9H,1-2H3,(H,18,19). The first-order valence-corrected chi connectivity index (χ1v) is 7.08. The van der Waals surface area contributed by atoms with Gasteiger partial charge < -0.3 is 20.2 Å². The van der Waals surface area contributed by atoms with Crippen molar-refractivity contribution in [3.05, 3.63) is 58.0 Å². The van der Waals surface area contributed by atoms with Gasteiger partial charge in [-0.2, -0.15) is 0 Å². The molecule has 124 valence electrons. The highest BCUT2D eigenvalue weighted by Crippen LogP contribution is 2.24. The van der Waals surface area contributed by atoms with Gasteiger partial charge in [-0.1, -0.05) is 15.7 Å². The van der Waals surface area contributed by atoms with Gasteiger partial charge in [0.1, 0.15) is 6.20 Å². The average Bonchev–Trinajstić information content (AvgIpc) is 2.98. The lowest BCUT2D eigenvalue weighted by Gasteiger charge is -2.15. The topological polar surface area (TPSA) is 94.6 Å². The normalized spacial score (nSPS) is 12.1. The highest BCUT2D eigenvalue weighted by Gasteiger charge is 2.17. The van der Waals surface area contributed by atoms with Crippen LogP contribution in [0.5, 0.6) is 5.75 Å². The summed E-state index contributed by atoms with van der Waals surface area (Å²) < 4.78 is 19.8. The molecule has 24 heavy (non-hydrogen) atoms. The molecule has 1 aromatic carbocycles. The molecule has 9 heteroatoms. The van der Waals surface area contributed by atoms with Crippen LogP contribution >= 0.6 is 0 Å². The molecule has 0 saturated heterocycles. The molecule has 0 aliphatic rings. The Morgan fingerprint density at radius 2 is 2.17 bits per heavy atom. The fourth-order valence-corrected chi connectivity index (χ4v) is 2.32. The van der Waals surface area contributed by atoms with Crippen LogP contribution in [0.1, 0.15) is 18.5 Å². The Morgan fingerprint density at radius 1 is 1.38 bits per heavy atom. The van der Waals surface area contributed by atoms with Crippen molar-refractivity contribution in [3.63, 3.8) is 0 Å². The maximum atomic E-state index is 13.8. The lowest BCUT2D eigenvalue weighted by Crippen LogP contribution is -2.10. The summed E-state index contributed by atoms with van der Waals surface area (Å²) in [7, 11) is 1.40. The molecule has 0 aliphatic carbocycles. The Labute approximate surface area is 136 Å². The number of rotatable bonds is 5. The minimum absolute atomic E-state index is 0.166. The third kappa shape index (κ3) is 2.83. The van der Waals surface area contributed by atoms with Crippen LogP contribution in [0.15, 0.2) is 36.5 Å². The van der Waals surface area contributed by atoms with Gasteiger partial charge in [-0.25, -0.2) is 9.37 Å². The van der Waals surface area contributed by atoms with E-state index < -0.39 is 10.7 Å². The second kappa shape index (κ2) is 6.11. The molecule has 1 N–H and O–H groups in total. The number of anilines is 1. The van der Waals surface area contributed by atoms with E-state index in [0.29, 0.717) is 17.0 Å². The van der Waals surface area contributed by atoms with Crippen LogP contribution in [-0.4, -0.2) is 26.6 Å². The number of methoxy groups -OCH3 is 1. The molecule has 0 spiro atoms. The van der Waals surface area contributed by atoms with Gasteiger partial charge in [0.05, 0.1) is 13.2 Å². The van der Waals surface area contributed by atoms with Crippen LogP contribution in [0.3, 0.4) is 0 Å². The van der Waals surface area contributed by atoms with Gasteiger partial charge in [0.15, 0.2) is 17.4 Å². The first kappa shape index (κ1) is 15.7. The van der Waals surface area contributed by atoms with Crippen molar-refractivity contribution in [3.8, 4) is 5.75 Å². The Hall–Kier alpha value is -3.23. The van der Waals surface area contributed by atoms with E-state index >= 15 is 0 Å². The molecular formula is C15H14FN5O3. The lowest BCUT2D eigenvalue weighted by atomic mass is 10.1. The first-order chi connectivity index (χ1) is 11.5. The first-order valence-electron chi connectivity index (χ1n) is 7.08. The SMILES string of the molecule is COc1ccc(C(C)Nc2ccc3ncc([N+](=O)[O-])n3n2)cc1F. The van der Waals surface area contributed by atoms with E-state index in [1.807, 2.05) is 6.92 Å². The number of benzene rings is 1. The van der Waals surface area contributed by atoms with Gasteiger partial charge in [-0.3, -0.25) is 0 Å². The second-order valence-corrected chi connectivity index (χ2v) is 5.12. The highest BCUT2D eigenvalue weighted by molar-refractivity contribution is 5.49. The second-order valence-electron chi connectivity index (χ2n) is 5.12. The zero-order chi connectivity index (χ0) is 17.3. The molecule has 8 nitrogen and oxygen atoms in total. The molecule has 2 heterocycles. The summed E-state index contributed by atoms with van der Waals surface area (Å²) in [6.07, 6.45) is 1.15. The summed E-state index contributed by atoms with van der Waals surface area (Å²) in [6, 6.07) is 7.65. The Balaban J connectivity index is 1.87. The van der Waals surface area contributed by atoms with E-state index in [-0.39, 0.29) is 17.6 Å². The molecule has 3 rings (SSSR count). The van der Waals surface area contributed by atoms with E-state index in [9.17, 15) is 14.5 Å². The number of hydrogen-bond acceptors (Lipinski definition) is 6.